The van der Waals surface area contributed by atoms with Crippen LogP contribution in [-0.4, -0.2) is 22.4 Å². The van der Waals surface area contributed by atoms with Crippen molar-refractivity contribution in [1.29, 1.82) is 0 Å². The molecule has 19 heavy (non-hydrogen) atoms. The Balaban J connectivity index is 3.01. The number of nitrogens with zero attached hydrogens (tertiary/aromatic N) is 2. The van der Waals surface area contributed by atoms with Gasteiger partial charge in [0.25, 0.3) is 11.4 Å². The first-order chi connectivity index (χ1) is 8.90. The van der Waals surface area contributed by atoms with Crippen LogP contribution in [0.4, 0.5) is 5.69 Å². The van der Waals surface area contributed by atoms with Gasteiger partial charge < -0.3 is 4.74 Å². The molecule has 0 fully saturated rings. The molecule has 0 unspecified atom stereocenters. The van der Waals surface area contributed by atoms with Crippen molar-refractivity contribution in [2.24, 2.45) is 0 Å². The van der Waals surface area contributed by atoms with Gasteiger partial charge >= 0.3 is 5.97 Å². The zero-order chi connectivity index (χ0) is 14.4. The smallest absolute Gasteiger partial charge is 0.303 e. The quantitative estimate of drug-likeness (QED) is 0.456. The van der Waals surface area contributed by atoms with E-state index < -0.39 is 22.4 Å². The van der Waals surface area contributed by atoms with Crippen molar-refractivity contribution < 1.29 is 19.4 Å². The van der Waals surface area contributed by atoms with Crippen LogP contribution in [0.2, 0.25) is 0 Å². The van der Waals surface area contributed by atoms with Gasteiger partial charge in [0.05, 0.1) is 9.85 Å². The highest BCUT2D eigenvalue weighted by Crippen LogP contribution is 2.16. The molecule has 0 aromatic heterocycles. The number of esters is 1. The van der Waals surface area contributed by atoms with Crippen LogP contribution >= 0.6 is 0 Å². The fourth-order valence-corrected chi connectivity index (χ4v) is 1.24. The summed E-state index contributed by atoms with van der Waals surface area (Å²) in [6.45, 7) is 0.635. The van der Waals surface area contributed by atoms with E-state index in [4.69, 9.17) is 0 Å². The molecule has 0 aliphatic rings. The van der Waals surface area contributed by atoms with E-state index in [1.807, 2.05) is 0 Å². The highest BCUT2D eigenvalue weighted by Gasteiger charge is 2.14. The van der Waals surface area contributed by atoms with Gasteiger partial charge in [-0.3, -0.25) is 25.0 Å². The molecule has 100 valence electrons. The fourth-order valence-electron chi connectivity index (χ4n) is 1.24. The van der Waals surface area contributed by atoms with E-state index in [-0.39, 0.29) is 16.9 Å². The van der Waals surface area contributed by atoms with E-state index in [2.05, 4.69) is 4.74 Å². The number of rotatable bonds is 5. The maximum atomic E-state index is 10.7. The number of hydrogen-bond acceptors (Lipinski definition) is 6. The SMILES string of the molecule is CC(=O)OC/C(=C/c1cccc([N+](=O)[O-])c1)[N+](=O)[O-]. The van der Waals surface area contributed by atoms with Crippen molar-refractivity contribution in [2.45, 2.75) is 6.92 Å². The van der Waals surface area contributed by atoms with Crippen LogP contribution in [0.5, 0.6) is 0 Å². The second kappa shape index (κ2) is 6.24. The normalized spacial score (nSPS) is 10.9. The maximum absolute atomic E-state index is 10.7. The average Bonchev–Trinajstić information content (AvgIpc) is 2.34. The Morgan fingerprint density at radius 3 is 2.58 bits per heavy atom. The lowest BCUT2D eigenvalue weighted by atomic mass is 10.2. The summed E-state index contributed by atoms with van der Waals surface area (Å²) in [6, 6.07) is 5.35. The van der Waals surface area contributed by atoms with Crippen LogP contribution in [-0.2, 0) is 9.53 Å². The van der Waals surface area contributed by atoms with Crippen molar-refractivity contribution in [3.63, 3.8) is 0 Å². The summed E-state index contributed by atoms with van der Waals surface area (Å²) in [4.78, 5) is 30.6. The van der Waals surface area contributed by atoms with Gasteiger partial charge in [-0.15, -0.1) is 0 Å². The third-order valence-electron chi connectivity index (χ3n) is 2.07. The van der Waals surface area contributed by atoms with E-state index >= 15 is 0 Å². The minimum atomic E-state index is -0.707. The monoisotopic (exact) mass is 266 g/mol. The van der Waals surface area contributed by atoms with E-state index in [0.717, 1.165) is 13.0 Å². The summed E-state index contributed by atoms with van der Waals surface area (Å²) in [6.07, 6.45) is 1.12. The summed E-state index contributed by atoms with van der Waals surface area (Å²) in [5, 5.41) is 21.3. The Bertz CT molecular complexity index is 552. The van der Waals surface area contributed by atoms with Crippen molar-refractivity contribution >= 4 is 17.7 Å². The summed E-state index contributed by atoms with van der Waals surface area (Å²) < 4.78 is 4.53. The Hall–Kier alpha value is -2.77. The van der Waals surface area contributed by atoms with Gasteiger partial charge in [-0.25, -0.2) is 0 Å². The fraction of sp³-hybridized carbons (Fsp3) is 0.182. The molecule has 0 N–H and O–H groups in total. The molecule has 0 aliphatic carbocycles. The van der Waals surface area contributed by atoms with Crippen molar-refractivity contribution in [1.82, 2.24) is 0 Å². The molecule has 8 heteroatoms. The molecule has 0 saturated heterocycles. The number of benzene rings is 1. The van der Waals surface area contributed by atoms with Crippen LogP contribution in [0.15, 0.2) is 30.0 Å². The molecule has 0 radical (unpaired) electrons. The molecule has 0 spiro atoms. The van der Waals surface area contributed by atoms with Crippen molar-refractivity contribution in [3.8, 4) is 0 Å². The van der Waals surface area contributed by atoms with Crippen LogP contribution in [0.1, 0.15) is 12.5 Å². The lowest BCUT2D eigenvalue weighted by Gasteiger charge is -2.00. The average molecular weight is 266 g/mol. The second-order valence-corrected chi connectivity index (χ2v) is 3.53. The topological polar surface area (TPSA) is 113 Å². The van der Waals surface area contributed by atoms with Gasteiger partial charge in [0, 0.05) is 25.1 Å². The Morgan fingerprint density at radius 2 is 2.05 bits per heavy atom. The van der Waals surface area contributed by atoms with Gasteiger partial charge in [-0.05, 0) is 5.56 Å². The zero-order valence-corrected chi connectivity index (χ0v) is 9.94. The second-order valence-electron chi connectivity index (χ2n) is 3.53. The largest absolute Gasteiger partial charge is 0.454 e. The summed E-state index contributed by atoms with van der Waals surface area (Å²) in [5.41, 5.74) is -0.257. The highest BCUT2D eigenvalue weighted by molar-refractivity contribution is 5.66. The molecule has 0 saturated carbocycles. The zero-order valence-electron chi connectivity index (χ0n) is 9.94. The minimum absolute atomic E-state index is 0.177. The number of nitro groups is 2. The van der Waals surface area contributed by atoms with Crippen molar-refractivity contribution in [3.05, 3.63) is 55.8 Å². The highest BCUT2D eigenvalue weighted by atomic mass is 16.6. The molecule has 1 rings (SSSR count). The van der Waals surface area contributed by atoms with E-state index in [0.29, 0.717) is 0 Å². The maximum Gasteiger partial charge on any atom is 0.303 e. The summed E-state index contributed by atoms with van der Waals surface area (Å²) in [5.74, 6) is -0.646. The van der Waals surface area contributed by atoms with Crippen molar-refractivity contribution in [2.75, 3.05) is 6.61 Å². The van der Waals surface area contributed by atoms with Crippen LogP contribution in [0.3, 0.4) is 0 Å². The molecule has 8 nitrogen and oxygen atoms in total. The summed E-state index contributed by atoms with van der Waals surface area (Å²) >= 11 is 0. The number of carbonyl (C=O) groups is 1. The summed E-state index contributed by atoms with van der Waals surface area (Å²) in [7, 11) is 0. The number of nitro benzene ring substituents is 1. The molecule has 0 atom stereocenters. The lowest BCUT2D eigenvalue weighted by molar-refractivity contribution is -0.428. The third-order valence-corrected chi connectivity index (χ3v) is 2.07. The first-order valence-corrected chi connectivity index (χ1v) is 5.13. The minimum Gasteiger partial charge on any atom is -0.454 e. The predicted octanol–water partition coefficient (Wildman–Crippen LogP) is 1.78. The van der Waals surface area contributed by atoms with Gasteiger partial charge in [0.15, 0.2) is 6.61 Å². The number of ether oxygens (including phenoxy) is 1. The molecular formula is C11H10N2O6. The predicted molar refractivity (Wildman–Crippen MR) is 64.7 cm³/mol. The Labute approximate surface area is 107 Å². The molecule has 0 amide bonds. The number of carbonyl (C=O) groups excluding carboxylic acids is 1. The molecule has 0 bridgehead atoms. The third kappa shape index (κ3) is 4.54. The molecule has 0 heterocycles. The van der Waals surface area contributed by atoms with Crippen LogP contribution in [0, 0.1) is 20.2 Å². The molecule has 1 aromatic carbocycles. The first-order valence-electron chi connectivity index (χ1n) is 5.13. The lowest BCUT2D eigenvalue weighted by Crippen LogP contribution is -2.09. The van der Waals surface area contributed by atoms with Gasteiger partial charge in [-0.2, -0.15) is 0 Å². The van der Waals surface area contributed by atoms with E-state index in [1.54, 1.807) is 0 Å². The standard InChI is InChI=1S/C11H10N2O6/c1-8(14)19-7-11(13(17)18)6-9-3-2-4-10(5-9)12(15)16/h2-6H,7H2,1H3/b11-6-. The van der Waals surface area contributed by atoms with Gasteiger partial charge in [-0.1, -0.05) is 12.1 Å². The Kier molecular flexibility index (Phi) is 4.69. The van der Waals surface area contributed by atoms with Gasteiger partial charge in [0.1, 0.15) is 0 Å². The van der Waals surface area contributed by atoms with Crippen LogP contribution < -0.4 is 0 Å². The first kappa shape index (κ1) is 14.3. The molecule has 1 aromatic rings. The van der Waals surface area contributed by atoms with E-state index in [1.165, 1.54) is 24.3 Å². The molecular weight excluding hydrogens is 256 g/mol. The number of non-ortho nitro benzene ring substituents is 1. The van der Waals surface area contributed by atoms with E-state index in [9.17, 15) is 25.0 Å². The Morgan fingerprint density at radius 1 is 1.37 bits per heavy atom. The van der Waals surface area contributed by atoms with Crippen LogP contribution in [0.25, 0.3) is 6.08 Å². The number of hydrogen-bond donors (Lipinski definition) is 0. The van der Waals surface area contributed by atoms with Gasteiger partial charge in [0.2, 0.25) is 0 Å². The molecule has 0 aliphatic heterocycles.